The fourth-order valence-corrected chi connectivity index (χ4v) is 2.67. The number of nitrogens with zero attached hydrogens (tertiary/aromatic N) is 2. The molecule has 1 heterocycles. The predicted octanol–water partition coefficient (Wildman–Crippen LogP) is 2.80. The van der Waals surface area contributed by atoms with Crippen LogP contribution in [0.25, 0.3) is 0 Å². The third kappa shape index (κ3) is 5.68. The van der Waals surface area contributed by atoms with Crippen molar-refractivity contribution in [2.24, 2.45) is 0 Å². The molecule has 0 saturated heterocycles. The Labute approximate surface area is 154 Å². The lowest BCUT2D eigenvalue weighted by atomic mass is 10.2. The van der Waals surface area contributed by atoms with Gasteiger partial charge in [-0.3, -0.25) is 4.68 Å². The topological polar surface area (TPSA) is 77.4 Å². The van der Waals surface area contributed by atoms with Crippen molar-refractivity contribution in [1.29, 1.82) is 0 Å². The minimum atomic E-state index is -0.189. The largest absolute Gasteiger partial charge is 0.493 e. The average molecular weight is 360 g/mol. The van der Waals surface area contributed by atoms with E-state index in [9.17, 15) is 4.79 Å². The number of urea groups is 1. The second-order valence-electron chi connectivity index (χ2n) is 6.03. The van der Waals surface area contributed by atoms with Gasteiger partial charge in [-0.25, -0.2) is 4.79 Å². The van der Waals surface area contributed by atoms with E-state index in [1.165, 1.54) is 0 Å². The smallest absolute Gasteiger partial charge is 0.315 e. The third-order valence-corrected chi connectivity index (χ3v) is 3.92. The minimum Gasteiger partial charge on any atom is -0.493 e. The van der Waals surface area contributed by atoms with Crippen LogP contribution < -0.4 is 20.1 Å². The van der Waals surface area contributed by atoms with E-state index in [-0.39, 0.29) is 6.03 Å². The van der Waals surface area contributed by atoms with Crippen molar-refractivity contribution < 1.29 is 14.3 Å². The van der Waals surface area contributed by atoms with E-state index in [2.05, 4.69) is 15.7 Å². The van der Waals surface area contributed by atoms with Gasteiger partial charge >= 0.3 is 6.03 Å². The van der Waals surface area contributed by atoms with Gasteiger partial charge in [-0.15, -0.1) is 0 Å². The van der Waals surface area contributed by atoms with Crippen molar-refractivity contribution in [2.75, 3.05) is 20.3 Å². The Morgan fingerprint density at radius 1 is 1.19 bits per heavy atom. The molecule has 0 saturated carbocycles. The number of aromatic nitrogens is 2. The van der Waals surface area contributed by atoms with Crippen LogP contribution in [-0.4, -0.2) is 36.1 Å². The molecular formula is C19H28N4O3. The number of nitrogens with one attached hydrogen (secondary N) is 2. The van der Waals surface area contributed by atoms with Gasteiger partial charge in [-0.05, 0) is 51.0 Å². The van der Waals surface area contributed by atoms with E-state index in [1.807, 2.05) is 49.7 Å². The van der Waals surface area contributed by atoms with Crippen LogP contribution in [0.15, 0.2) is 24.3 Å². The van der Waals surface area contributed by atoms with Crippen LogP contribution in [0.5, 0.6) is 11.5 Å². The molecule has 0 aliphatic carbocycles. The van der Waals surface area contributed by atoms with Crippen molar-refractivity contribution in [3.8, 4) is 11.5 Å². The van der Waals surface area contributed by atoms with E-state index in [4.69, 9.17) is 9.47 Å². The third-order valence-electron chi connectivity index (χ3n) is 3.92. The van der Waals surface area contributed by atoms with Gasteiger partial charge in [-0.1, -0.05) is 6.07 Å². The molecular weight excluding hydrogens is 332 g/mol. The van der Waals surface area contributed by atoms with Gasteiger partial charge in [-0.2, -0.15) is 5.10 Å². The van der Waals surface area contributed by atoms with E-state index in [0.29, 0.717) is 31.2 Å². The number of rotatable bonds is 9. The Morgan fingerprint density at radius 2 is 2.00 bits per heavy atom. The van der Waals surface area contributed by atoms with Crippen LogP contribution in [0.3, 0.4) is 0 Å². The van der Waals surface area contributed by atoms with Gasteiger partial charge in [0.15, 0.2) is 11.5 Å². The maximum absolute atomic E-state index is 11.9. The maximum Gasteiger partial charge on any atom is 0.315 e. The second-order valence-corrected chi connectivity index (χ2v) is 6.03. The van der Waals surface area contributed by atoms with E-state index in [1.54, 1.807) is 7.11 Å². The molecule has 0 spiro atoms. The first kappa shape index (κ1) is 19.6. The summed E-state index contributed by atoms with van der Waals surface area (Å²) in [6.45, 7) is 8.32. The molecule has 2 rings (SSSR count). The Kier molecular flexibility index (Phi) is 7.32. The van der Waals surface area contributed by atoms with Crippen LogP contribution in [0, 0.1) is 13.8 Å². The van der Waals surface area contributed by atoms with Crippen LogP contribution in [0.1, 0.15) is 30.3 Å². The fraction of sp³-hybridized carbons (Fsp3) is 0.474. The van der Waals surface area contributed by atoms with Crippen molar-refractivity contribution in [3.05, 3.63) is 41.2 Å². The van der Waals surface area contributed by atoms with Crippen LogP contribution in [0.4, 0.5) is 4.79 Å². The Bertz CT molecular complexity index is 728. The predicted molar refractivity (Wildman–Crippen MR) is 101 cm³/mol. The number of hydrogen-bond acceptors (Lipinski definition) is 4. The normalized spacial score (nSPS) is 10.5. The van der Waals surface area contributed by atoms with Gasteiger partial charge in [0.1, 0.15) is 0 Å². The van der Waals surface area contributed by atoms with Gasteiger partial charge in [0.25, 0.3) is 0 Å². The summed E-state index contributed by atoms with van der Waals surface area (Å²) in [6, 6.07) is 7.49. The van der Waals surface area contributed by atoms with Gasteiger partial charge in [0.05, 0.1) is 19.4 Å². The van der Waals surface area contributed by atoms with E-state index in [0.717, 1.165) is 29.9 Å². The summed E-state index contributed by atoms with van der Waals surface area (Å²) < 4.78 is 12.8. The van der Waals surface area contributed by atoms with Crippen LogP contribution in [-0.2, 0) is 13.1 Å². The Morgan fingerprint density at radius 3 is 2.65 bits per heavy atom. The number of ether oxygens (including phenoxy) is 2. The zero-order valence-electron chi connectivity index (χ0n) is 16.0. The standard InChI is InChI=1S/C19H28N4O3/c1-5-26-17-8-7-16(12-18(17)25-4)13-21-19(24)20-9-6-10-23-15(3)11-14(2)22-23/h7-8,11-12H,5-6,9-10,13H2,1-4H3,(H2,20,21,24). The highest BCUT2D eigenvalue weighted by molar-refractivity contribution is 5.73. The van der Waals surface area contributed by atoms with Crippen LogP contribution in [0.2, 0.25) is 0 Å². The highest BCUT2D eigenvalue weighted by Crippen LogP contribution is 2.27. The molecule has 142 valence electrons. The molecule has 26 heavy (non-hydrogen) atoms. The molecule has 2 aromatic rings. The Balaban J connectivity index is 1.72. The number of carbonyl (C=O) groups excluding carboxylic acids is 1. The molecule has 0 aliphatic heterocycles. The molecule has 0 fully saturated rings. The maximum atomic E-state index is 11.9. The molecule has 1 aromatic heterocycles. The summed E-state index contributed by atoms with van der Waals surface area (Å²) in [4.78, 5) is 11.9. The molecule has 0 aliphatic rings. The molecule has 7 heteroatoms. The monoisotopic (exact) mass is 360 g/mol. The molecule has 0 unspecified atom stereocenters. The zero-order valence-corrected chi connectivity index (χ0v) is 16.0. The average Bonchev–Trinajstić information content (AvgIpc) is 2.95. The summed E-state index contributed by atoms with van der Waals surface area (Å²) in [5.41, 5.74) is 3.10. The summed E-state index contributed by atoms with van der Waals surface area (Å²) >= 11 is 0. The zero-order chi connectivity index (χ0) is 18.9. The lowest BCUT2D eigenvalue weighted by Crippen LogP contribution is -2.35. The van der Waals surface area contributed by atoms with Gasteiger partial charge in [0, 0.05) is 25.3 Å². The molecule has 0 radical (unpaired) electrons. The van der Waals surface area contributed by atoms with Gasteiger partial charge < -0.3 is 20.1 Å². The summed E-state index contributed by atoms with van der Waals surface area (Å²) in [6.07, 6.45) is 0.826. The first-order chi connectivity index (χ1) is 12.5. The lowest BCUT2D eigenvalue weighted by molar-refractivity contribution is 0.240. The highest BCUT2D eigenvalue weighted by Gasteiger charge is 2.07. The molecule has 0 atom stereocenters. The first-order valence-electron chi connectivity index (χ1n) is 8.86. The number of benzene rings is 1. The minimum absolute atomic E-state index is 0.189. The van der Waals surface area contributed by atoms with Crippen LogP contribution >= 0.6 is 0 Å². The number of methoxy groups -OCH3 is 1. The number of aryl methyl sites for hydroxylation is 3. The molecule has 1 aromatic carbocycles. The summed E-state index contributed by atoms with van der Waals surface area (Å²) in [5.74, 6) is 1.36. The Hall–Kier alpha value is -2.70. The SMILES string of the molecule is CCOc1ccc(CNC(=O)NCCCn2nc(C)cc2C)cc1OC. The van der Waals surface area contributed by atoms with E-state index >= 15 is 0 Å². The number of carbonyl (C=O) groups is 1. The van der Waals surface area contributed by atoms with Gasteiger partial charge in [0.2, 0.25) is 0 Å². The van der Waals surface area contributed by atoms with Crippen molar-refractivity contribution in [2.45, 2.75) is 40.3 Å². The molecule has 0 bridgehead atoms. The van der Waals surface area contributed by atoms with Crippen molar-refractivity contribution in [3.63, 3.8) is 0 Å². The van der Waals surface area contributed by atoms with Crippen molar-refractivity contribution >= 4 is 6.03 Å². The van der Waals surface area contributed by atoms with Crippen molar-refractivity contribution in [1.82, 2.24) is 20.4 Å². The molecule has 2 amide bonds. The lowest BCUT2D eigenvalue weighted by Gasteiger charge is -2.12. The quantitative estimate of drug-likeness (QED) is 0.674. The second kappa shape index (κ2) is 9.70. The summed E-state index contributed by atoms with van der Waals surface area (Å²) in [5, 5.41) is 10.1. The van der Waals surface area contributed by atoms with E-state index < -0.39 is 0 Å². The molecule has 7 nitrogen and oxygen atoms in total. The number of hydrogen-bond donors (Lipinski definition) is 2. The number of amides is 2. The first-order valence-corrected chi connectivity index (χ1v) is 8.86. The fourth-order valence-electron chi connectivity index (χ4n) is 2.67. The molecule has 2 N–H and O–H groups in total. The highest BCUT2D eigenvalue weighted by atomic mass is 16.5. The summed E-state index contributed by atoms with van der Waals surface area (Å²) in [7, 11) is 1.60.